The van der Waals surface area contributed by atoms with E-state index in [1.807, 2.05) is 36.4 Å². The normalized spacial score (nSPS) is 16.4. The van der Waals surface area contributed by atoms with Gasteiger partial charge in [-0.15, -0.1) is 0 Å². The SMILES string of the molecule is CN1CCN(CCC(=O)Nc2cc(-c3ccccc3)ns2)CC1. The Kier molecular flexibility index (Phi) is 5.38. The summed E-state index contributed by atoms with van der Waals surface area (Å²) in [6.07, 6.45) is 0.530. The van der Waals surface area contributed by atoms with Gasteiger partial charge in [-0.05, 0) is 18.6 Å². The molecule has 5 nitrogen and oxygen atoms in total. The maximum Gasteiger partial charge on any atom is 0.226 e. The Morgan fingerprint density at radius 3 is 2.70 bits per heavy atom. The first-order chi connectivity index (χ1) is 11.2. The van der Waals surface area contributed by atoms with E-state index in [0.29, 0.717) is 6.42 Å². The van der Waals surface area contributed by atoms with Crippen LogP contribution in [0.2, 0.25) is 0 Å². The van der Waals surface area contributed by atoms with Crippen LogP contribution in [0.4, 0.5) is 5.00 Å². The van der Waals surface area contributed by atoms with E-state index in [9.17, 15) is 4.79 Å². The molecule has 0 atom stereocenters. The predicted molar refractivity (Wildman–Crippen MR) is 94.7 cm³/mol. The van der Waals surface area contributed by atoms with E-state index in [-0.39, 0.29) is 5.91 Å². The van der Waals surface area contributed by atoms with Gasteiger partial charge < -0.3 is 15.1 Å². The molecule has 122 valence electrons. The van der Waals surface area contributed by atoms with Crippen molar-refractivity contribution >= 4 is 22.4 Å². The van der Waals surface area contributed by atoms with Crippen molar-refractivity contribution in [2.24, 2.45) is 0 Å². The van der Waals surface area contributed by atoms with Crippen molar-refractivity contribution < 1.29 is 4.79 Å². The molecule has 0 saturated carbocycles. The molecule has 23 heavy (non-hydrogen) atoms. The molecule has 1 aliphatic heterocycles. The van der Waals surface area contributed by atoms with Crippen LogP contribution < -0.4 is 5.32 Å². The average molecular weight is 330 g/mol. The van der Waals surface area contributed by atoms with Gasteiger partial charge in [0.1, 0.15) is 5.00 Å². The molecule has 3 rings (SSSR count). The number of amides is 1. The van der Waals surface area contributed by atoms with Gasteiger partial charge in [0, 0.05) is 50.8 Å². The summed E-state index contributed by atoms with van der Waals surface area (Å²) in [5, 5.41) is 3.77. The van der Waals surface area contributed by atoms with Gasteiger partial charge >= 0.3 is 0 Å². The standard InChI is InChI=1S/C17H22N4OS/c1-20-9-11-21(12-10-20)8-7-16(22)18-17-13-15(19-23-17)14-5-3-2-4-6-14/h2-6,13H,7-12H2,1H3,(H,18,22). The number of carbonyl (C=O) groups excluding carboxylic acids is 1. The molecule has 1 amide bonds. The molecule has 0 radical (unpaired) electrons. The lowest BCUT2D eigenvalue weighted by Gasteiger charge is -2.32. The third-order valence-corrected chi connectivity index (χ3v) is 4.80. The first-order valence-corrected chi connectivity index (χ1v) is 8.71. The van der Waals surface area contributed by atoms with Crippen LogP contribution in [0.15, 0.2) is 36.4 Å². The summed E-state index contributed by atoms with van der Waals surface area (Å²) in [6, 6.07) is 11.9. The fraction of sp³-hybridized carbons (Fsp3) is 0.412. The Bertz CT molecular complexity index is 635. The van der Waals surface area contributed by atoms with Gasteiger partial charge in [-0.3, -0.25) is 4.79 Å². The molecule has 0 spiro atoms. The Balaban J connectivity index is 1.48. The Hall–Kier alpha value is -1.76. The number of carbonyl (C=O) groups is 1. The Morgan fingerprint density at radius 1 is 1.22 bits per heavy atom. The second kappa shape index (κ2) is 7.68. The van der Waals surface area contributed by atoms with Crippen molar-refractivity contribution in [1.29, 1.82) is 0 Å². The summed E-state index contributed by atoms with van der Waals surface area (Å²) in [7, 11) is 2.14. The van der Waals surface area contributed by atoms with Gasteiger partial charge in [0.25, 0.3) is 0 Å². The zero-order valence-corrected chi connectivity index (χ0v) is 14.2. The minimum absolute atomic E-state index is 0.0622. The van der Waals surface area contributed by atoms with Crippen LogP contribution in [0.1, 0.15) is 6.42 Å². The fourth-order valence-corrected chi connectivity index (χ4v) is 3.29. The molecule has 1 aliphatic rings. The summed E-state index contributed by atoms with van der Waals surface area (Å²) in [6.45, 7) is 5.07. The average Bonchev–Trinajstić information content (AvgIpc) is 3.04. The highest BCUT2D eigenvalue weighted by molar-refractivity contribution is 7.10. The number of likely N-dealkylation sites (N-methyl/N-ethyl adjacent to an activating group) is 1. The lowest BCUT2D eigenvalue weighted by Crippen LogP contribution is -2.45. The molecule has 0 unspecified atom stereocenters. The van der Waals surface area contributed by atoms with E-state index in [1.54, 1.807) is 0 Å². The molecule has 1 saturated heterocycles. The van der Waals surface area contributed by atoms with Gasteiger partial charge in [0.2, 0.25) is 5.91 Å². The Labute approximate surface area is 141 Å². The number of nitrogens with zero attached hydrogens (tertiary/aromatic N) is 3. The van der Waals surface area contributed by atoms with Crippen LogP contribution in [0, 0.1) is 0 Å². The van der Waals surface area contributed by atoms with E-state index in [4.69, 9.17) is 0 Å². The second-order valence-corrected chi connectivity index (χ2v) is 6.69. The lowest BCUT2D eigenvalue weighted by molar-refractivity contribution is -0.116. The van der Waals surface area contributed by atoms with Crippen LogP contribution in [0.5, 0.6) is 0 Å². The largest absolute Gasteiger partial charge is 0.316 e. The van der Waals surface area contributed by atoms with Gasteiger partial charge in [-0.1, -0.05) is 30.3 Å². The fourth-order valence-electron chi connectivity index (χ4n) is 2.61. The highest BCUT2D eigenvalue weighted by Gasteiger charge is 2.15. The number of hydrogen-bond donors (Lipinski definition) is 1. The minimum atomic E-state index is 0.0622. The van der Waals surface area contributed by atoms with Crippen molar-refractivity contribution in [2.45, 2.75) is 6.42 Å². The van der Waals surface area contributed by atoms with E-state index in [1.165, 1.54) is 11.5 Å². The second-order valence-electron chi connectivity index (χ2n) is 5.89. The summed E-state index contributed by atoms with van der Waals surface area (Å²) < 4.78 is 4.41. The predicted octanol–water partition coefficient (Wildman–Crippen LogP) is 2.39. The highest BCUT2D eigenvalue weighted by atomic mass is 32.1. The van der Waals surface area contributed by atoms with Gasteiger partial charge in [-0.2, -0.15) is 4.37 Å². The summed E-state index contributed by atoms with van der Waals surface area (Å²) >= 11 is 1.33. The number of rotatable bonds is 5. The molecule has 6 heteroatoms. The van der Waals surface area contributed by atoms with Crippen LogP contribution in [-0.2, 0) is 4.79 Å². The minimum Gasteiger partial charge on any atom is -0.316 e. The Morgan fingerprint density at radius 2 is 1.96 bits per heavy atom. The monoisotopic (exact) mass is 330 g/mol. The molecule has 1 fully saturated rings. The first kappa shape index (κ1) is 16.1. The number of piperazine rings is 1. The van der Waals surface area contributed by atoms with E-state index in [0.717, 1.165) is 49.0 Å². The van der Waals surface area contributed by atoms with Crippen molar-refractivity contribution in [3.05, 3.63) is 36.4 Å². The van der Waals surface area contributed by atoms with E-state index < -0.39 is 0 Å². The van der Waals surface area contributed by atoms with Gasteiger partial charge in [-0.25, -0.2) is 0 Å². The zero-order chi connectivity index (χ0) is 16.1. The molecule has 1 aromatic carbocycles. The molecule has 2 aromatic rings. The summed E-state index contributed by atoms with van der Waals surface area (Å²) in [5.41, 5.74) is 1.98. The third-order valence-electron chi connectivity index (χ3n) is 4.09. The lowest BCUT2D eigenvalue weighted by atomic mass is 10.2. The van der Waals surface area contributed by atoms with Crippen molar-refractivity contribution in [3.63, 3.8) is 0 Å². The smallest absolute Gasteiger partial charge is 0.226 e. The quantitative estimate of drug-likeness (QED) is 0.914. The van der Waals surface area contributed by atoms with Gasteiger partial charge in [0.15, 0.2) is 0 Å². The van der Waals surface area contributed by atoms with Crippen LogP contribution >= 0.6 is 11.5 Å². The topological polar surface area (TPSA) is 48.5 Å². The highest BCUT2D eigenvalue weighted by Crippen LogP contribution is 2.25. The summed E-state index contributed by atoms with van der Waals surface area (Å²) in [4.78, 5) is 16.8. The molecule has 1 aromatic heterocycles. The third kappa shape index (κ3) is 4.60. The molecular formula is C17H22N4OS. The summed E-state index contributed by atoms with van der Waals surface area (Å²) in [5.74, 6) is 0.0622. The number of nitrogens with one attached hydrogen (secondary N) is 1. The maximum atomic E-state index is 12.1. The van der Waals surface area contributed by atoms with Crippen molar-refractivity contribution in [3.8, 4) is 11.3 Å². The van der Waals surface area contributed by atoms with Crippen LogP contribution in [-0.4, -0.2) is 59.9 Å². The number of hydrogen-bond acceptors (Lipinski definition) is 5. The molecule has 0 aliphatic carbocycles. The molecule has 0 bridgehead atoms. The molecular weight excluding hydrogens is 308 g/mol. The van der Waals surface area contributed by atoms with Crippen LogP contribution in [0.3, 0.4) is 0 Å². The van der Waals surface area contributed by atoms with E-state index in [2.05, 4.69) is 26.5 Å². The molecule has 1 N–H and O–H groups in total. The number of aromatic nitrogens is 1. The zero-order valence-electron chi connectivity index (χ0n) is 13.4. The molecule has 2 heterocycles. The number of anilines is 1. The van der Waals surface area contributed by atoms with E-state index >= 15 is 0 Å². The first-order valence-electron chi connectivity index (χ1n) is 7.93. The van der Waals surface area contributed by atoms with Crippen molar-refractivity contribution in [2.75, 3.05) is 45.1 Å². The maximum absolute atomic E-state index is 12.1. The van der Waals surface area contributed by atoms with Gasteiger partial charge in [0.05, 0.1) is 5.69 Å². The van der Waals surface area contributed by atoms with Crippen LogP contribution in [0.25, 0.3) is 11.3 Å². The number of benzene rings is 1. The van der Waals surface area contributed by atoms with Crippen molar-refractivity contribution in [1.82, 2.24) is 14.2 Å².